The lowest BCUT2D eigenvalue weighted by atomic mass is 10.0. The van der Waals surface area contributed by atoms with Gasteiger partial charge in [-0.1, -0.05) is 48.5 Å². The molecule has 1 fully saturated rings. The zero-order valence-corrected chi connectivity index (χ0v) is 29.4. The Bertz CT molecular complexity index is 2080. The molecule has 1 saturated heterocycles. The first-order valence-electron chi connectivity index (χ1n) is 16.1. The summed E-state index contributed by atoms with van der Waals surface area (Å²) in [4.78, 5) is 38.1. The highest BCUT2D eigenvalue weighted by Crippen LogP contribution is 2.47. The van der Waals surface area contributed by atoms with Gasteiger partial charge in [0.15, 0.2) is 0 Å². The molecule has 5 aromatic rings. The molecule has 13 heteroatoms. The predicted octanol–water partition coefficient (Wildman–Crippen LogP) is 7.00. The van der Waals surface area contributed by atoms with Crippen molar-refractivity contribution in [3.63, 3.8) is 0 Å². The maximum absolute atomic E-state index is 12.1. The van der Waals surface area contributed by atoms with Gasteiger partial charge < -0.3 is 25.0 Å². The van der Waals surface area contributed by atoms with Crippen molar-refractivity contribution in [2.24, 2.45) is 0 Å². The van der Waals surface area contributed by atoms with Crippen molar-refractivity contribution in [3.8, 4) is 22.6 Å². The van der Waals surface area contributed by atoms with Crippen molar-refractivity contribution in [2.45, 2.75) is 12.8 Å². The van der Waals surface area contributed by atoms with Gasteiger partial charge in [-0.05, 0) is 49.7 Å². The molecule has 2 N–H and O–H groups in total. The van der Waals surface area contributed by atoms with Gasteiger partial charge in [0, 0.05) is 67.2 Å². The maximum atomic E-state index is 12.1. The number of para-hydroxylation sites is 2. The van der Waals surface area contributed by atoms with Crippen LogP contribution in [0.2, 0.25) is 10.0 Å². The quantitative estimate of drug-likeness (QED) is 0.133. The fraction of sp³-hybridized carbons (Fsp3) is 0.243. The number of methoxy groups -OCH3 is 2. The predicted molar refractivity (Wildman–Crippen MR) is 199 cm³/mol. The van der Waals surface area contributed by atoms with Gasteiger partial charge in [-0.3, -0.25) is 18.9 Å². The molecule has 1 aliphatic rings. The number of aryl methyl sites for hydroxylation is 1. The van der Waals surface area contributed by atoms with Crippen LogP contribution in [-0.2, 0) is 16.0 Å². The Balaban J connectivity index is 1.38. The van der Waals surface area contributed by atoms with Gasteiger partial charge in [-0.15, -0.1) is 0 Å². The third kappa shape index (κ3) is 7.11. The Hall–Kier alpha value is -5.10. The third-order valence-electron chi connectivity index (χ3n) is 8.71. The number of anilines is 3. The number of hydrogen-bond donors (Lipinski definition) is 2. The molecule has 3 aromatic heterocycles. The summed E-state index contributed by atoms with van der Waals surface area (Å²) < 4.78 is 13.2. The number of hydrogen-bond acceptors (Lipinski definition) is 8. The normalized spacial score (nSPS) is 13.3. The molecule has 6 rings (SSSR count). The van der Waals surface area contributed by atoms with Crippen LogP contribution in [0.1, 0.15) is 12.1 Å². The second-order valence-electron chi connectivity index (χ2n) is 11.7. The summed E-state index contributed by atoms with van der Waals surface area (Å²) in [5.74, 6) is 1.06. The third-order valence-corrected chi connectivity index (χ3v) is 9.46. The number of rotatable bonds is 12. The monoisotopic (exact) mass is 713 g/mol. The largest absolute Gasteiger partial charge is 0.495 e. The van der Waals surface area contributed by atoms with Crippen LogP contribution in [0.4, 0.5) is 17.2 Å². The van der Waals surface area contributed by atoms with Crippen molar-refractivity contribution in [1.82, 2.24) is 24.2 Å². The Labute approximate surface area is 300 Å². The van der Waals surface area contributed by atoms with E-state index >= 15 is 0 Å². The molecule has 258 valence electrons. The van der Waals surface area contributed by atoms with Crippen molar-refractivity contribution >= 4 is 68.8 Å². The summed E-state index contributed by atoms with van der Waals surface area (Å²) in [7, 11) is 3.08. The molecular weight excluding hydrogens is 677 g/mol. The number of benzene rings is 2. The highest BCUT2D eigenvalue weighted by molar-refractivity contribution is 6.41. The SMILES string of the molecule is C=CC(=O)Nc1ccccc1Nc1cc2c(cn1)cc(-c1c(Cl)c(OC)cc(OC)c1Cl)c1nc(CCCN3CCN(C(=O)C=C)CC3)cn12. The summed E-state index contributed by atoms with van der Waals surface area (Å²) in [5.41, 5.74) is 4.88. The van der Waals surface area contributed by atoms with Gasteiger partial charge in [0.05, 0.1) is 46.9 Å². The molecule has 0 saturated carbocycles. The van der Waals surface area contributed by atoms with Crippen LogP contribution in [0, 0.1) is 0 Å². The molecule has 11 nitrogen and oxygen atoms in total. The maximum Gasteiger partial charge on any atom is 0.247 e. The molecule has 2 aromatic carbocycles. The van der Waals surface area contributed by atoms with Gasteiger partial charge in [0.2, 0.25) is 11.8 Å². The molecule has 50 heavy (non-hydrogen) atoms. The number of amides is 2. The number of nitrogens with zero attached hydrogens (tertiary/aromatic N) is 5. The Morgan fingerprint density at radius 2 is 1.66 bits per heavy atom. The van der Waals surface area contributed by atoms with Crippen LogP contribution in [0.5, 0.6) is 11.5 Å². The van der Waals surface area contributed by atoms with Gasteiger partial charge in [-0.25, -0.2) is 9.97 Å². The minimum absolute atomic E-state index is 0.0246. The molecule has 0 spiro atoms. The van der Waals surface area contributed by atoms with Crippen LogP contribution >= 0.6 is 23.2 Å². The second-order valence-corrected chi connectivity index (χ2v) is 12.5. The molecule has 0 unspecified atom stereocenters. The van der Waals surface area contributed by atoms with Crippen molar-refractivity contribution in [1.29, 1.82) is 0 Å². The van der Waals surface area contributed by atoms with E-state index in [2.05, 4.69) is 28.7 Å². The molecule has 0 bridgehead atoms. The van der Waals surface area contributed by atoms with E-state index in [0.29, 0.717) is 68.6 Å². The van der Waals surface area contributed by atoms with E-state index in [9.17, 15) is 9.59 Å². The average molecular weight is 715 g/mol. The van der Waals surface area contributed by atoms with Crippen LogP contribution in [0.25, 0.3) is 27.7 Å². The highest BCUT2D eigenvalue weighted by atomic mass is 35.5. The first-order chi connectivity index (χ1) is 24.2. The summed E-state index contributed by atoms with van der Waals surface area (Å²) in [6.45, 7) is 11.0. The number of aromatic nitrogens is 3. The van der Waals surface area contributed by atoms with E-state index in [-0.39, 0.29) is 11.8 Å². The van der Waals surface area contributed by atoms with Crippen molar-refractivity contribution < 1.29 is 19.1 Å². The standard InChI is InChI=1S/C37H37Cl2N7O4/c1-5-32(47)43-27-12-8-7-11-26(27)42-31-19-28-23(21-40-31)18-25(34-35(38)29(49-3)20-30(50-4)36(34)39)37-41-24(22-46(28)37)10-9-13-44-14-16-45(17-15-44)33(48)6-2/h5-8,11-12,18-22H,1-2,9-10,13-17H2,3-4H3,(H,40,42)(H,43,47). The zero-order chi connectivity index (χ0) is 35.4. The fourth-order valence-corrected chi connectivity index (χ4v) is 6.82. The van der Waals surface area contributed by atoms with Crippen LogP contribution in [0.3, 0.4) is 0 Å². The van der Waals surface area contributed by atoms with Crippen LogP contribution in [0.15, 0.2) is 80.2 Å². The van der Waals surface area contributed by atoms with E-state index in [0.717, 1.165) is 49.1 Å². The molecule has 0 aliphatic carbocycles. The van der Waals surface area contributed by atoms with Gasteiger partial charge in [0.1, 0.15) is 23.0 Å². The van der Waals surface area contributed by atoms with E-state index in [1.165, 1.54) is 12.2 Å². The number of carbonyl (C=O) groups excluding carboxylic acids is 2. The van der Waals surface area contributed by atoms with E-state index in [4.69, 9.17) is 42.6 Å². The minimum atomic E-state index is -0.317. The lowest BCUT2D eigenvalue weighted by Crippen LogP contribution is -2.48. The molecule has 1 aliphatic heterocycles. The topological polar surface area (TPSA) is 113 Å². The minimum Gasteiger partial charge on any atom is -0.495 e. The smallest absolute Gasteiger partial charge is 0.247 e. The fourth-order valence-electron chi connectivity index (χ4n) is 6.12. The molecule has 0 atom stereocenters. The van der Waals surface area contributed by atoms with Gasteiger partial charge >= 0.3 is 0 Å². The Morgan fingerprint density at radius 3 is 2.32 bits per heavy atom. The average Bonchev–Trinajstić information content (AvgIpc) is 3.57. The zero-order valence-electron chi connectivity index (χ0n) is 27.8. The molecule has 0 radical (unpaired) electrons. The summed E-state index contributed by atoms with van der Waals surface area (Å²) in [6.07, 6.45) is 7.99. The summed E-state index contributed by atoms with van der Waals surface area (Å²) >= 11 is 13.8. The van der Waals surface area contributed by atoms with E-state index < -0.39 is 0 Å². The lowest BCUT2D eigenvalue weighted by molar-refractivity contribution is -0.127. The highest BCUT2D eigenvalue weighted by Gasteiger charge is 2.24. The molecular formula is C37H37Cl2N7O4. The van der Waals surface area contributed by atoms with Crippen molar-refractivity contribution in [2.75, 3.05) is 57.6 Å². The van der Waals surface area contributed by atoms with Gasteiger partial charge in [-0.2, -0.15) is 0 Å². The van der Waals surface area contributed by atoms with Crippen LogP contribution < -0.4 is 20.1 Å². The second kappa shape index (κ2) is 15.2. The molecule has 4 heterocycles. The number of ether oxygens (including phenoxy) is 2. The Kier molecular flexibility index (Phi) is 10.6. The van der Waals surface area contributed by atoms with Gasteiger partial charge in [0.25, 0.3) is 0 Å². The number of pyridine rings is 2. The number of carbonyl (C=O) groups is 2. The first kappa shape index (κ1) is 34.8. The number of piperazine rings is 1. The number of imidazole rings is 1. The van der Waals surface area contributed by atoms with Crippen molar-refractivity contribution in [3.05, 3.63) is 95.9 Å². The Morgan fingerprint density at radius 1 is 0.960 bits per heavy atom. The first-order valence-corrected chi connectivity index (χ1v) is 16.8. The summed E-state index contributed by atoms with van der Waals surface area (Å²) in [5, 5.41) is 7.65. The number of nitrogens with one attached hydrogen (secondary N) is 2. The van der Waals surface area contributed by atoms with Crippen LogP contribution in [-0.4, -0.2) is 82.9 Å². The lowest BCUT2D eigenvalue weighted by Gasteiger charge is -2.34. The van der Waals surface area contributed by atoms with E-state index in [1.54, 1.807) is 32.5 Å². The number of fused-ring (bicyclic) bond motifs is 3. The number of halogens is 2. The summed E-state index contributed by atoms with van der Waals surface area (Å²) in [6, 6.07) is 12.9. The molecule has 2 amide bonds. The van der Waals surface area contributed by atoms with E-state index in [1.807, 2.05) is 45.8 Å².